The van der Waals surface area contributed by atoms with Crippen LogP contribution in [0, 0.1) is 0 Å². The van der Waals surface area contributed by atoms with Crippen LogP contribution in [-0.4, -0.2) is 20.7 Å². The van der Waals surface area contributed by atoms with Crippen molar-refractivity contribution in [1.82, 2.24) is 9.59 Å². The molecule has 1 unspecified atom stereocenters. The number of aliphatic carboxylic acids is 1. The highest BCUT2D eigenvalue weighted by Crippen LogP contribution is 2.06. The first-order chi connectivity index (χ1) is 4.72. The van der Waals surface area contributed by atoms with Gasteiger partial charge in [-0.05, 0) is 11.5 Å². The molecule has 0 aliphatic rings. The summed E-state index contributed by atoms with van der Waals surface area (Å²) in [5, 5.41) is 13.4. The first-order valence-electron chi connectivity index (χ1n) is 2.47. The lowest BCUT2D eigenvalue weighted by molar-refractivity contribution is -0.138. The minimum atomic E-state index is -1.09. The molecule has 0 aliphatic carbocycles. The van der Waals surface area contributed by atoms with Crippen LogP contribution in [0.4, 0.5) is 0 Å². The third kappa shape index (κ3) is 2.41. The second kappa shape index (κ2) is 4.22. The predicted molar refractivity (Wildman–Crippen MR) is 41.7 cm³/mol. The highest BCUT2D eigenvalue weighted by atomic mass is 35.5. The second-order valence-electron chi connectivity index (χ2n) is 1.65. The molecule has 1 atom stereocenters. The average Bonchev–Trinajstić information content (AvgIpc) is 2.36. The molecule has 62 valence electrons. The molecule has 0 radical (unpaired) electrons. The number of rotatable bonds is 2. The number of nitrogens with two attached hydrogens (primary N) is 1. The molecule has 0 saturated carbocycles. The Kier molecular flexibility index (Phi) is 3.94. The van der Waals surface area contributed by atoms with Crippen molar-refractivity contribution in [2.75, 3.05) is 0 Å². The molecule has 3 N–H and O–H groups in total. The topological polar surface area (TPSA) is 89.1 Å². The molecule has 1 rings (SSSR count). The van der Waals surface area contributed by atoms with Gasteiger partial charge in [-0.15, -0.1) is 17.5 Å². The molecule has 5 nitrogen and oxygen atoms in total. The fourth-order valence-electron chi connectivity index (χ4n) is 0.434. The minimum Gasteiger partial charge on any atom is -0.480 e. The summed E-state index contributed by atoms with van der Waals surface area (Å²) < 4.78 is 3.47. The number of hydrogen-bond donors (Lipinski definition) is 2. The lowest BCUT2D eigenvalue weighted by Gasteiger charge is -1.97. The maximum atomic E-state index is 10.2. The summed E-state index contributed by atoms with van der Waals surface area (Å²) in [7, 11) is 0. The largest absolute Gasteiger partial charge is 0.480 e. The predicted octanol–water partition coefficient (Wildman–Crippen LogP) is 0.0443. The summed E-state index contributed by atoms with van der Waals surface area (Å²) in [5.41, 5.74) is 5.49. The van der Waals surface area contributed by atoms with Gasteiger partial charge >= 0.3 is 5.97 Å². The Bertz CT molecular complexity index is 227. The SMILES string of the molecule is Cl.NC(C(=O)O)c1csnn1. The molecular formula is C4H6ClN3O2S. The van der Waals surface area contributed by atoms with E-state index in [9.17, 15) is 4.79 Å². The summed E-state index contributed by atoms with van der Waals surface area (Å²) in [4.78, 5) is 10.2. The summed E-state index contributed by atoms with van der Waals surface area (Å²) in [6, 6.07) is -1.04. The summed E-state index contributed by atoms with van der Waals surface area (Å²) >= 11 is 1.08. The van der Waals surface area contributed by atoms with Crippen molar-refractivity contribution >= 4 is 29.9 Å². The van der Waals surface area contributed by atoms with Crippen LogP contribution in [0.1, 0.15) is 11.7 Å². The smallest absolute Gasteiger partial charge is 0.326 e. The van der Waals surface area contributed by atoms with Crippen molar-refractivity contribution in [3.05, 3.63) is 11.1 Å². The van der Waals surface area contributed by atoms with E-state index in [1.807, 2.05) is 0 Å². The normalized spacial score (nSPS) is 11.7. The third-order valence-electron chi connectivity index (χ3n) is 0.962. The van der Waals surface area contributed by atoms with E-state index in [0.29, 0.717) is 5.69 Å². The molecule has 0 aliphatic heterocycles. The van der Waals surface area contributed by atoms with Crippen LogP contribution < -0.4 is 5.73 Å². The Morgan fingerprint density at radius 2 is 2.45 bits per heavy atom. The Balaban J connectivity index is 0.000001000. The summed E-state index contributed by atoms with van der Waals surface area (Å²) in [6.07, 6.45) is 0. The maximum Gasteiger partial charge on any atom is 0.326 e. The van der Waals surface area contributed by atoms with E-state index in [1.54, 1.807) is 0 Å². The standard InChI is InChI=1S/C4H5N3O2S.ClH/c5-3(4(8)9)2-1-10-7-6-2;/h1,3H,5H2,(H,8,9);1H. The van der Waals surface area contributed by atoms with E-state index < -0.39 is 12.0 Å². The van der Waals surface area contributed by atoms with Crippen LogP contribution in [-0.2, 0) is 4.79 Å². The van der Waals surface area contributed by atoms with Gasteiger partial charge in [0, 0.05) is 5.38 Å². The highest BCUT2D eigenvalue weighted by molar-refractivity contribution is 7.03. The van der Waals surface area contributed by atoms with Gasteiger partial charge in [-0.3, -0.25) is 4.79 Å². The van der Waals surface area contributed by atoms with Gasteiger partial charge in [-0.1, -0.05) is 4.49 Å². The molecule has 0 saturated heterocycles. The van der Waals surface area contributed by atoms with Gasteiger partial charge in [0.25, 0.3) is 0 Å². The van der Waals surface area contributed by atoms with Crippen LogP contribution in [0.15, 0.2) is 5.38 Å². The molecule has 1 heterocycles. The van der Waals surface area contributed by atoms with E-state index in [-0.39, 0.29) is 12.4 Å². The van der Waals surface area contributed by atoms with Gasteiger partial charge in [0.1, 0.15) is 11.7 Å². The Morgan fingerprint density at radius 1 is 1.82 bits per heavy atom. The average molecular weight is 196 g/mol. The quantitative estimate of drug-likeness (QED) is 0.696. The van der Waals surface area contributed by atoms with Gasteiger partial charge in [-0.2, -0.15) is 0 Å². The maximum absolute atomic E-state index is 10.2. The number of aromatic nitrogens is 2. The number of nitrogens with zero attached hydrogens (tertiary/aromatic N) is 2. The zero-order valence-electron chi connectivity index (χ0n) is 5.30. The molecule has 0 amide bonds. The third-order valence-corrected chi connectivity index (χ3v) is 1.48. The zero-order chi connectivity index (χ0) is 7.56. The lowest BCUT2D eigenvalue weighted by Crippen LogP contribution is -2.20. The Morgan fingerprint density at radius 3 is 2.82 bits per heavy atom. The van der Waals surface area contributed by atoms with Gasteiger partial charge in [-0.25, -0.2) is 0 Å². The number of carboxylic acid groups (broad SMARTS) is 1. The first-order valence-corrected chi connectivity index (χ1v) is 3.31. The van der Waals surface area contributed by atoms with Crippen LogP contribution >= 0.6 is 23.9 Å². The minimum absolute atomic E-state index is 0. The van der Waals surface area contributed by atoms with Crippen LogP contribution in [0.3, 0.4) is 0 Å². The first kappa shape index (κ1) is 10.3. The van der Waals surface area contributed by atoms with E-state index in [4.69, 9.17) is 10.8 Å². The molecule has 1 aromatic rings. The lowest BCUT2D eigenvalue weighted by atomic mass is 10.2. The van der Waals surface area contributed by atoms with E-state index in [1.165, 1.54) is 5.38 Å². The van der Waals surface area contributed by atoms with Gasteiger partial charge in [0.2, 0.25) is 0 Å². The monoisotopic (exact) mass is 195 g/mol. The van der Waals surface area contributed by atoms with E-state index >= 15 is 0 Å². The molecule has 1 aromatic heterocycles. The van der Waals surface area contributed by atoms with Gasteiger partial charge in [0.05, 0.1) is 0 Å². The highest BCUT2D eigenvalue weighted by Gasteiger charge is 2.16. The van der Waals surface area contributed by atoms with Gasteiger partial charge < -0.3 is 10.8 Å². The molecular weight excluding hydrogens is 190 g/mol. The number of carboxylic acids is 1. The van der Waals surface area contributed by atoms with E-state index in [0.717, 1.165) is 11.5 Å². The molecule has 0 spiro atoms. The summed E-state index contributed by atoms with van der Waals surface area (Å²) in [5.74, 6) is -1.09. The van der Waals surface area contributed by atoms with Crippen molar-refractivity contribution in [2.24, 2.45) is 5.73 Å². The molecule has 7 heteroatoms. The number of halogens is 1. The van der Waals surface area contributed by atoms with E-state index in [2.05, 4.69) is 9.59 Å². The molecule has 0 aromatic carbocycles. The number of carbonyl (C=O) groups is 1. The molecule has 11 heavy (non-hydrogen) atoms. The van der Waals surface area contributed by atoms with Crippen LogP contribution in [0.2, 0.25) is 0 Å². The number of hydrogen-bond acceptors (Lipinski definition) is 5. The van der Waals surface area contributed by atoms with Gasteiger partial charge in [0.15, 0.2) is 0 Å². The van der Waals surface area contributed by atoms with Crippen LogP contribution in [0.25, 0.3) is 0 Å². The second-order valence-corrected chi connectivity index (χ2v) is 2.26. The molecule has 0 fully saturated rings. The fourth-order valence-corrected chi connectivity index (χ4v) is 0.924. The van der Waals surface area contributed by atoms with Crippen LogP contribution in [0.5, 0.6) is 0 Å². The van der Waals surface area contributed by atoms with Crippen molar-refractivity contribution < 1.29 is 9.90 Å². The molecule has 0 bridgehead atoms. The van der Waals surface area contributed by atoms with Crippen molar-refractivity contribution in [1.29, 1.82) is 0 Å². The van der Waals surface area contributed by atoms with Crippen molar-refractivity contribution in [3.63, 3.8) is 0 Å². The Labute approximate surface area is 72.8 Å². The van der Waals surface area contributed by atoms with Crippen molar-refractivity contribution in [2.45, 2.75) is 6.04 Å². The fraction of sp³-hybridized carbons (Fsp3) is 0.250. The van der Waals surface area contributed by atoms with Crippen molar-refractivity contribution in [3.8, 4) is 0 Å². The Hall–Kier alpha value is -0.720. The zero-order valence-corrected chi connectivity index (χ0v) is 6.93. The summed E-state index contributed by atoms with van der Waals surface area (Å²) in [6.45, 7) is 0.